The first-order valence-corrected chi connectivity index (χ1v) is 8.95. The minimum Gasteiger partial charge on any atom is -0.347 e. The van der Waals surface area contributed by atoms with Gasteiger partial charge in [0.05, 0.1) is 4.90 Å². The first-order valence-electron chi connectivity index (χ1n) is 7.40. The fourth-order valence-electron chi connectivity index (χ4n) is 2.03. The number of rotatable bonds is 5. The number of benzene rings is 1. The molecule has 25 heavy (non-hydrogen) atoms. The molecule has 1 aromatic carbocycles. The normalized spacial score (nSPS) is 11.0. The summed E-state index contributed by atoms with van der Waals surface area (Å²) in [7, 11) is -3.73. The van der Waals surface area contributed by atoms with Crippen molar-refractivity contribution in [1.29, 1.82) is 0 Å². The van der Waals surface area contributed by atoms with E-state index in [2.05, 4.69) is 15.6 Å². The number of primary sulfonamides is 1. The molecule has 0 saturated carbocycles. The second-order valence-electron chi connectivity index (χ2n) is 5.31. The number of anilines is 1. The molecule has 0 bridgehead atoms. The molecule has 0 aliphatic carbocycles. The van der Waals surface area contributed by atoms with Gasteiger partial charge >= 0.3 is 11.8 Å². The highest BCUT2D eigenvalue weighted by molar-refractivity contribution is 7.89. The van der Waals surface area contributed by atoms with Crippen molar-refractivity contribution in [2.45, 2.75) is 18.2 Å². The van der Waals surface area contributed by atoms with Crippen molar-refractivity contribution in [3.63, 3.8) is 0 Å². The van der Waals surface area contributed by atoms with Gasteiger partial charge in [-0.3, -0.25) is 9.59 Å². The molecule has 0 atom stereocenters. The Morgan fingerprint density at radius 3 is 2.36 bits per heavy atom. The first kappa shape index (κ1) is 18.6. The quantitative estimate of drug-likeness (QED) is 0.660. The minimum absolute atomic E-state index is 0.0188. The summed E-state index contributed by atoms with van der Waals surface area (Å²) in [4.78, 5) is 27.6. The van der Waals surface area contributed by atoms with Crippen LogP contribution < -0.4 is 15.8 Å². The third kappa shape index (κ3) is 5.66. The Bertz CT molecular complexity index is 879. The molecule has 1 aromatic heterocycles. The Balaban J connectivity index is 1.82. The van der Waals surface area contributed by atoms with Gasteiger partial charge in [-0.1, -0.05) is 18.2 Å². The molecule has 0 spiro atoms. The van der Waals surface area contributed by atoms with Gasteiger partial charge in [-0.25, -0.2) is 18.5 Å². The lowest BCUT2D eigenvalue weighted by Gasteiger charge is -2.07. The van der Waals surface area contributed by atoms with Gasteiger partial charge in [0.2, 0.25) is 10.0 Å². The molecule has 0 fully saturated rings. The standard InChI is InChI=1S/C16H18N4O4S/c1-11-3-2-4-14(19-11)20-16(22)15(21)18-10-9-12-5-7-13(8-6-12)25(17,23)24/h2-8H,9-10H2,1H3,(H,18,21)(H2,17,23,24)(H,19,20,22). The lowest BCUT2D eigenvalue weighted by Crippen LogP contribution is -2.36. The van der Waals surface area contributed by atoms with Crippen LogP contribution in [0.5, 0.6) is 0 Å². The van der Waals surface area contributed by atoms with Crippen LogP contribution in [0.3, 0.4) is 0 Å². The van der Waals surface area contributed by atoms with Gasteiger partial charge in [0.25, 0.3) is 0 Å². The van der Waals surface area contributed by atoms with Crippen molar-refractivity contribution >= 4 is 27.7 Å². The summed E-state index contributed by atoms with van der Waals surface area (Å²) >= 11 is 0. The van der Waals surface area contributed by atoms with E-state index >= 15 is 0 Å². The van der Waals surface area contributed by atoms with E-state index in [9.17, 15) is 18.0 Å². The molecule has 0 radical (unpaired) electrons. The summed E-state index contributed by atoms with van der Waals surface area (Å²) in [6.45, 7) is 2.00. The Labute approximate surface area is 145 Å². The van der Waals surface area contributed by atoms with E-state index in [-0.39, 0.29) is 11.4 Å². The molecule has 1 heterocycles. The molecule has 2 aromatic rings. The molecule has 0 aliphatic rings. The number of nitrogens with two attached hydrogens (primary N) is 1. The van der Waals surface area contributed by atoms with Crippen molar-refractivity contribution in [2.75, 3.05) is 11.9 Å². The molecule has 0 unspecified atom stereocenters. The molecule has 0 saturated heterocycles. The number of nitrogens with one attached hydrogen (secondary N) is 2. The number of hydrogen-bond acceptors (Lipinski definition) is 5. The maximum atomic E-state index is 11.8. The molecule has 2 amide bonds. The van der Waals surface area contributed by atoms with Crippen molar-refractivity contribution < 1.29 is 18.0 Å². The topological polar surface area (TPSA) is 131 Å². The number of hydrogen-bond donors (Lipinski definition) is 3. The van der Waals surface area contributed by atoms with Crippen LogP contribution in [0, 0.1) is 6.92 Å². The highest BCUT2D eigenvalue weighted by Crippen LogP contribution is 2.09. The lowest BCUT2D eigenvalue weighted by atomic mass is 10.1. The maximum Gasteiger partial charge on any atom is 0.314 e. The number of nitrogens with zero attached hydrogens (tertiary/aromatic N) is 1. The second-order valence-corrected chi connectivity index (χ2v) is 6.87. The smallest absolute Gasteiger partial charge is 0.314 e. The molecule has 2 rings (SSSR count). The number of carbonyl (C=O) groups is 2. The van der Waals surface area contributed by atoms with Crippen LogP contribution in [-0.4, -0.2) is 31.8 Å². The van der Waals surface area contributed by atoms with E-state index in [0.717, 1.165) is 11.3 Å². The van der Waals surface area contributed by atoms with Gasteiger partial charge in [-0.05, 0) is 43.2 Å². The molecule has 0 aliphatic heterocycles. The summed E-state index contributed by atoms with van der Waals surface area (Å²) in [5, 5.41) is 9.92. The van der Waals surface area contributed by atoms with E-state index in [1.54, 1.807) is 37.3 Å². The van der Waals surface area contributed by atoms with E-state index in [1.807, 2.05) is 0 Å². The number of amides is 2. The molecular formula is C16H18N4O4S. The summed E-state index contributed by atoms with van der Waals surface area (Å²) < 4.78 is 22.3. The third-order valence-corrected chi connectivity index (χ3v) is 4.22. The molecular weight excluding hydrogens is 344 g/mol. The first-order chi connectivity index (χ1) is 11.8. The fourth-order valence-corrected chi connectivity index (χ4v) is 2.55. The summed E-state index contributed by atoms with van der Waals surface area (Å²) in [6, 6.07) is 11.1. The van der Waals surface area contributed by atoms with Gasteiger partial charge < -0.3 is 10.6 Å². The molecule has 4 N–H and O–H groups in total. The monoisotopic (exact) mass is 362 g/mol. The van der Waals surface area contributed by atoms with Gasteiger partial charge in [0.1, 0.15) is 5.82 Å². The number of sulfonamides is 1. The highest BCUT2D eigenvalue weighted by Gasteiger charge is 2.13. The number of aromatic nitrogens is 1. The average Bonchev–Trinajstić information content (AvgIpc) is 2.54. The average molecular weight is 362 g/mol. The Morgan fingerprint density at radius 2 is 1.76 bits per heavy atom. The largest absolute Gasteiger partial charge is 0.347 e. The van der Waals surface area contributed by atoms with Crippen LogP contribution in [0.25, 0.3) is 0 Å². The molecule has 9 heteroatoms. The maximum absolute atomic E-state index is 11.8. The van der Waals surface area contributed by atoms with Crippen molar-refractivity contribution in [3.8, 4) is 0 Å². The zero-order chi connectivity index (χ0) is 18.4. The van der Waals surface area contributed by atoms with Crippen molar-refractivity contribution in [1.82, 2.24) is 10.3 Å². The van der Waals surface area contributed by atoms with Crippen molar-refractivity contribution in [2.24, 2.45) is 5.14 Å². The van der Waals surface area contributed by atoms with Gasteiger partial charge in [-0.2, -0.15) is 0 Å². The van der Waals surface area contributed by atoms with Gasteiger partial charge in [0, 0.05) is 12.2 Å². The van der Waals surface area contributed by atoms with Gasteiger partial charge in [0.15, 0.2) is 0 Å². The highest BCUT2D eigenvalue weighted by atomic mass is 32.2. The van der Waals surface area contributed by atoms with E-state index in [4.69, 9.17) is 5.14 Å². The Kier molecular flexibility index (Phi) is 5.84. The van der Waals surface area contributed by atoms with Crippen LogP contribution in [0.1, 0.15) is 11.3 Å². The number of carbonyl (C=O) groups excluding carboxylic acids is 2. The van der Waals surface area contributed by atoms with Crippen LogP contribution in [-0.2, 0) is 26.0 Å². The third-order valence-electron chi connectivity index (χ3n) is 3.29. The minimum atomic E-state index is -3.73. The number of aryl methyl sites for hydroxylation is 1. The van der Waals surface area contributed by atoms with Crippen LogP contribution in [0.15, 0.2) is 47.4 Å². The van der Waals surface area contributed by atoms with Crippen LogP contribution >= 0.6 is 0 Å². The SMILES string of the molecule is Cc1cccc(NC(=O)C(=O)NCCc2ccc(S(N)(=O)=O)cc2)n1. The molecule has 132 valence electrons. The van der Waals surface area contributed by atoms with Crippen LogP contribution in [0.2, 0.25) is 0 Å². The Morgan fingerprint density at radius 1 is 1.08 bits per heavy atom. The predicted octanol–water partition coefficient (Wildman–Crippen LogP) is 0.335. The summed E-state index contributed by atoms with van der Waals surface area (Å²) in [5.41, 5.74) is 1.52. The van der Waals surface area contributed by atoms with E-state index in [0.29, 0.717) is 12.2 Å². The van der Waals surface area contributed by atoms with Crippen molar-refractivity contribution in [3.05, 3.63) is 53.7 Å². The zero-order valence-electron chi connectivity index (χ0n) is 13.5. The van der Waals surface area contributed by atoms with E-state index < -0.39 is 21.8 Å². The lowest BCUT2D eigenvalue weighted by molar-refractivity contribution is -0.136. The Hall–Kier alpha value is -2.78. The van der Waals surface area contributed by atoms with Crippen LogP contribution in [0.4, 0.5) is 5.82 Å². The molecule has 8 nitrogen and oxygen atoms in total. The summed E-state index contributed by atoms with van der Waals surface area (Å²) in [6.07, 6.45) is 0.437. The number of pyridine rings is 1. The fraction of sp³-hybridized carbons (Fsp3) is 0.188. The van der Waals surface area contributed by atoms with E-state index in [1.165, 1.54) is 12.1 Å². The summed E-state index contributed by atoms with van der Waals surface area (Å²) in [5.74, 6) is -1.27. The zero-order valence-corrected chi connectivity index (χ0v) is 14.3. The second kappa shape index (κ2) is 7.86. The van der Waals surface area contributed by atoms with Gasteiger partial charge in [-0.15, -0.1) is 0 Å². The predicted molar refractivity (Wildman–Crippen MR) is 92.1 cm³/mol.